The summed E-state index contributed by atoms with van der Waals surface area (Å²) < 4.78 is 9.95. The van der Waals surface area contributed by atoms with Crippen LogP contribution in [0.25, 0.3) is 0 Å². The third kappa shape index (κ3) is 28.2. The summed E-state index contributed by atoms with van der Waals surface area (Å²) in [5.74, 6) is -12.9. The quantitative estimate of drug-likeness (QED) is 0.0352. The Kier molecular flexibility index (Phi) is 31.6. The second kappa shape index (κ2) is 35.4. The molecule has 0 spiro atoms. The smallest absolute Gasteiger partial charge is 0.408 e. The highest BCUT2D eigenvalue weighted by molar-refractivity contribution is 6.02. The molecule has 6 atom stereocenters. The number of carbonyl (C=O) groups excluding carboxylic acids is 16. The normalized spacial score (nSPS) is 15.4. The van der Waals surface area contributed by atoms with Gasteiger partial charge in [-0.1, -0.05) is 41.5 Å². The van der Waals surface area contributed by atoms with E-state index < -0.39 is 194 Å². The van der Waals surface area contributed by atoms with Crippen LogP contribution in [0.4, 0.5) is 4.79 Å². The number of nitrogens with one attached hydrogen (secondary N) is 13. The van der Waals surface area contributed by atoms with E-state index in [0.717, 1.165) is 0 Å². The number of likely N-dealkylation sites (tertiary alicyclic amines) is 1. The molecule has 0 aromatic heterocycles. The van der Waals surface area contributed by atoms with Gasteiger partial charge in [0, 0.05) is 13.0 Å². The fourth-order valence-electron chi connectivity index (χ4n) is 9.75. The number of nitrogens with zero attached hydrogens (tertiary/aromatic N) is 1. The lowest BCUT2D eigenvalue weighted by Gasteiger charge is -2.35. The standard InChI is InChI=1S/C66H115N15O18/c1-34(2)31-39(47(86)77-65(21,22)56(95)81-30-26-27-41(81)49(88)73-44(36(5)6)50(89)78-64(19,20)55(94)80-66(23,24)57(96)98-25)70-43(83)33-68-51(90)60(11,12)76-48(87)40(32-35(3)4)72-52(91)61(13,14)75-46(85)38(28-29-42(67)82)71-53(92)62(15,16)79-54(93)63(17,18)74-45(84)37(7)69-58(97)99-59(8,9)10/h34-41,44H,26-33H2,1-25H3,(H2,67,82)(H,68,90)(H,69,97)(H,70,83)(H,71,92)(H,72,91)(H,73,88)(H,74,84)(H,75,85)(H,76,87)(H,77,86)(H,78,89)(H,79,93)(H,80,94)/t37-,38-,39-,40-,41-,44-/m0/s1. The van der Waals surface area contributed by atoms with E-state index in [2.05, 4.69) is 69.1 Å². The summed E-state index contributed by atoms with van der Waals surface area (Å²) in [6.07, 6.45) is -0.949. The third-order valence-corrected chi connectivity index (χ3v) is 15.7. The van der Waals surface area contributed by atoms with Crippen LogP contribution in [0.5, 0.6) is 0 Å². The molecule has 0 unspecified atom stereocenters. The molecule has 1 fully saturated rings. The summed E-state index contributed by atoms with van der Waals surface area (Å²) >= 11 is 0. The Morgan fingerprint density at radius 2 is 0.869 bits per heavy atom. The number of rotatable bonds is 35. The van der Waals surface area contributed by atoms with Crippen molar-refractivity contribution in [2.24, 2.45) is 23.5 Å². The van der Waals surface area contributed by atoms with E-state index in [1.165, 1.54) is 116 Å². The Labute approximate surface area is 582 Å². The van der Waals surface area contributed by atoms with Gasteiger partial charge in [0.05, 0.1) is 13.7 Å². The highest BCUT2D eigenvalue weighted by atomic mass is 16.6. The maximum absolute atomic E-state index is 14.3. The van der Waals surface area contributed by atoms with E-state index in [1.807, 2.05) is 0 Å². The predicted molar refractivity (Wildman–Crippen MR) is 364 cm³/mol. The van der Waals surface area contributed by atoms with Gasteiger partial charge in [0.15, 0.2) is 0 Å². The fraction of sp³-hybridized carbons (Fsp3) is 0.758. The van der Waals surface area contributed by atoms with Crippen molar-refractivity contribution in [3.05, 3.63) is 0 Å². The summed E-state index contributed by atoms with van der Waals surface area (Å²) in [6, 6.07) is -7.49. The molecule has 1 saturated heterocycles. The molecule has 0 aromatic carbocycles. The molecule has 1 heterocycles. The van der Waals surface area contributed by atoms with Gasteiger partial charge in [-0.05, 0) is 174 Å². The van der Waals surface area contributed by atoms with Crippen LogP contribution < -0.4 is 74.9 Å². The zero-order valence-electron chi connectivity index (χ0n) is 62.7. The monoisotopic (exact) mass is 1410 g/mol. The molecular formula is C66H115N15O18. The topological polar surface area (TPSA) is 477 Å². The second-order valence-corrected chi connectivity index (χ2v) is 31.1. The minimum atomic E-state index is -1.84. The molecular weight excluding hydrogens is 1290 g/mol. The summed E-state index contributed by atoms with van der Waals surface area (Å²) in [5, 5.41) is 33.3. The molecule has 1 rings (SSSR count). The molecule has 15 amide bonds. The number of alkyl carbamates (subject to hydrolysis) is 1. The molecule has 1 aliphatic rings. The number of hydrogen-bond acceptors (Lipinski definition) is 18. The molecule has 99 heavy (non-hydrogen) atoms. The van der Waals surface area contributed by atoms with Crippen molar-refractivity contribution in [1.29, 1.82) is 0 Å². The number of amides is 15. The zero-order chi connectivity index (χ0) is 77.3. The van der Waals surface area contributed by atoms with E-state index in [4.69, 9.17) is 15.2 Å². The molecule has 0 saturated carbocycles. The van der Waals surface area contributed by atoms with Gasteiger partial charge in [0.25, 0.3) is 0 Å². The van der Waals surface area contributed by atoms with Crippen LogP contribution in [0.2, 0.25) is 0 Å². The average molecular weight is 1410 g/mol. The summed E-state index contributed by atoms with van der Waals surface area (Å²) in [7, 11) is 1.17. The van der Waals surface area contributed by atoms with Crippen LogP contribution >= 0.6 is 0 Å². The Morgan fingerprint density at radius 3 is 1.32 bits per heavy atom. The van der Waals surface area contributed by atoms with E-state index in [1.54, 1.807) is 62.3 Å². The van der Waals surface area contributed by atoms with E-state index in [0.29, 0.717) is 6.42 Å². The number of carbonyl (C=O) groups is 16. The Bertz CT molecular complexity index is 3020. The number of primary amides is 1. The van der Waals surface area contributed by atoms with Gasteiger partial charge in [-0.25, -0.2) is 9.59 Å². The van der Waals surface area contributed by atoms with E-state index in [9.17, 15) is 76.7 Å². The zero-order valence-corrected chi connectivity index (χ0v) is 62.7. The number of esters is 1. The lowest BCUT2D eigenvalue weighted by Crippen LogP contribution is -2.66. The SMILES string of the molecule is COC(=O)C(C)(C)NC(=O)C(C)(C)NC(=O)[C@@H](NC(=O)[C@@H]1CCCN1C(=O)C(C)(C)NC(=O)[C@H](CC(C)C)NC(=O)CNC(=O)C(C)(C)NC(=O)[C@H](CC(C)C)NC(=O)C(C)(C)NC(=O)[C@H](CCC(N)=O)NC(=O)C(C)(C)NC(=O)C(C)(C)NC(=O)[C@H](C)NC(=O)OC(C)(C)C)C(C)C. The van der Waals surface area contributed by atoms with Crippen molar-refractivity contribution in [3.63, 3.8) is 0 Å². The third-order valence-electron chi connectivity index (χ3n) is 15.7. The Balaban J connectivity index is 3.18. The highest BCUT2D eigenvalue weighted by Crippen LogP contribution is 2.24. The maximum Gasteiger partial charge on any atom is 0.408 e. The van der Waals surface area contributed by atoms with Crippen molar-refractivity contribution in [2.75, 3.05) is 20.2 Å². The van der Waals surface area contributed by atoms with Gasteiger partial charge in [-0.3, -0.25) is 67.1 Å². The van der Waals surface area contributed by atoms with Gasteiger partial charge in [-0.15, -0.1) is 0 Å². The van der Waals surface area contributed by atoms with Gasteiger partial charge in [-0.2, -0.15) is 0 Å². The molecule has 33 nitrogen and oxygen atoms in total. The van der Waals surface area contributed by atoms with E-state index >= 15 is 0 Å². The highest BCUT2D eigenvalue weighted by Gasteiger charge is 2.46. The molecule has 15 N–H and O–H groups in total. The van der Waals surface area contributed by atoms with Gasteiger partial charge >= 0.3 is 12.1 Å². The predicted octanol–water partition coefficient (Wildman–Crippen LogP) is -0.604. The first-order valence-corrected chi connectivity index (χ1v) is 33.2. The Hall–Kier alpha value is -8.68. The van der Waals surface area contributed by atoms with Crippen molar-refractivity contribution in [2.45, 2.75) is 285 Å². The van der Waals surface area contributed by atoms with Crippen molar-refractivity contribution in [1.82, 2.24) is 74.0 Å². The van der Waals surface area contributed by atoms with E-state index in [-0.39, 0.29) is 44.1 Å². The van der Waals surface area contributed by atoms with Gasteiger partial charge in [0.1, 0.15) is 80.6 Å². The van der Waals surface area contributed by atoms with Crippen LogP contribution in [0.3, 0.4) is 0 Å². The lowest BCUT2D eigenvalue weighted by atomic mass is 9.96. The lowest BCUT2D eigenvalue weighted by molar-refractivity contribution is -0.150. The average Bonchev–Trinajstić information content (AvgIpc) is 1.77. The van der Waals surface area contributed by atoms with Crippen LogP contribution in [-0.4, -0.2) is 200 Å². The van der Waals surface area contributed by atoms with Crippen LogP contribution in [0, 0.1) is 17.8 Å². The maximum atomic E-state index is 14.3. The Morgan fingerprint density at radius 1 is 0.465 bits per heavy atom. The minimum absolute atomic E-state index is 0.0151. The number of nitrogens with two attached hydrogens (primary N) is 1. The van der Waals surface area contributed by atoms with Gasteiger partial charge < -0.3 is 89.2 Å². The minimum Gasteiger partial charge on any atom is -0.467 e. The molecule has 0 radical (unpaired) electrons. The first kappa shape index (κ1) is 88.3. The van der Waals surface area contributed by atoms with Gasteiger partial charge in [0.2, 0.25) is 82.7 Å². The van der Waals surface area contributed by atoms with Crippen molar-refractivity contribution >= 4 is 94.8 Å². The number of ether oxygens (including phenoxy) is 2. The van der Waals surface area contributed by atoms with Crippen molar-refractivity contribution < 1.29 is 86.2 Å². The summed E-state index contributed by atoms with van der Waals surface area (Å²) in [4.78, 5) is 217. The number of methoxy groups -OCH3 is 1. The van der Waals surface area contributed by atoms with Crippen LogP contribution in [0.1, 0.15) is 205 Å². The number of hydrogen-bond donors (Lipinski definition) is 14. The van der Waals surface area contributed by atoms with Crippen molar-refractivity contribution in [3.8, 4) is 0 Å². The molecule has 0 aliphatic carbocycles. The second-order valence-electron chi connectivity index (χ2n) is 31.1. The molecule has 0 bridgehead atoms. The van der Waals surface area contributed by atoms with Crippen LogP contribution in [0.15, 0.2) is 0 Å². The molecule has 1 aliphatic heterocycles. The first-order chi connectivity index (χ1) is 44.8. The largest absolute Gasteiger partial charge is 0.467 e. The molecule has 0 aromatic rings. The molecule has 562 valence electrons. The first-order valence-electron chi connectivity index (χ1n) is 33.2. The summed E-state index contributed by atoms with van der Waals surface area (Å²) in [6.45, 7) is 35.3. The summed E-state index contributed by atoms with van der Waals surface area (Å²) in [5.41, 5.74) is -7.15. The molecule has 33 heteroatoms. The fourth-order valence-corrected chi connectivity index (χ4v) is 9.75. The van der Waals surface area contributed by atoms with Crippen LogP contribution in [-0.2, 0) is 81.4 Å².